The monoisotopic (exact) mass is 229 g/mol. The van der Waals surface area contributed by atoms with Gasteiger partial charge in [0.2, 0.25) is 0 Å². The van der Waals surface area contributed by atoms with Crippen LogP contribution in [0.3, 0.4) is 0 Å². The molecule has 0 aromatic carbocycles. The lowest BCUT2D eigenvalue weighted by Crippen LogP contribution is -2.45. The molecular formula is C12H23NO3. The Hall–Kier alpha value is -0.610. The number of nitrogens with one attached hydrogen (secondary N) is 1. The largest absolute Gasteiger partial charge is 0.480 e. The summed E-state index contributed by atoms with van der Waals surface area (Å²) in [4.78, 5) is 10.9. The van der Waals surface area contributed by atoms with Crippen LogP contribution < -0.4 is 5.32 Å². The van der Waals surface area contributed by atoms with Crippen molar-refractivity contribution in [2.75, 3.05) is 20.3 Å². The van der Waals surface area contributed by atoms with Gasteiger partial charge in [-0.2, -0.15) is 0 Å². The van der Waals surface area contributed by atoms with Crippen LogP contribution in [0.15, 0.2) is 0 Å². The summed E-state index contributed by atoms with van der Waals surface area (Å²) in [7, 11) is 1.53. The standard InChI is InChI=1S/C12H23NO3/c1-12(6-4-3-5-7-12)9-13-10(8-16-2)11(14)15/h10,13H,3-9H2,1-2H3,(H,14,15). The second kappa shape index (κ2) is 6.21. The van der Waals surface area contributed by atoms with E-state index < -0.39 is 12.0 Å². The van der Waals surface area contributed by atoms with Gasteiger partial charge in [-0.3, -0.25) is 4.79 Å². The molecule has 1 aliphatic carbocycles. The Morgan fingerprint density at radius 1 is 1.44 bits per heavy atom. The molecule has 1 atom stereocenters. The van der Waals surface area contributed by atoms with Gasteiger partial charge in [-0.05, 0) is 18.3 Å². The third-order valence-corrected chi connectivity index (χ3v) is 3.47. The molecule has 4 nitrogen and oxygen atoms in total. The molecule has 4 heteroatoms. The summed E-state index contributed by atoms with van der Waals surface area (Å²) in [6.45, 7) is 3.24. The summed E-state index contributed by atoms with van der Waals surface area (Å²) in [5.41, 5.74) is 0.264. The van der Waals surface area contributed by atoms with Crippen LogP contribution in [-0.4, -0.2) is 37.4 Å². The third kappa shape index (κ3) is 4.10. The van der Waals surface area contributed by atoms with Gasteiger partial charge in [0.05, 0.1) is 6.61 Å². The fourth-order valence-electron chi connectivity index (χ4n) is 2.34. The van der Waals surface area contributed by atoms with Crippen molar-refractivity contribution in [1.29, 1.82) is 0 Å². The molecule has 0 heterocycles. The highest BCUT2D eigenvalue weighted by atomic mass is 16.5. The van der Waals surface area contributed by atoms with Crippen LogP contribution in [0.25, 0.3) is 0 Å². The van der Waals surface area contributed by atoms with Crippen molar-refractivity contribution < 1.29 is 14.6 Å². The quantitative estimate of drug-likeness (QED) is 0.727. The molecule has 1 fully saturated rings. The average Bonchev–Trinajstić information content (AvgIpc) is 2.25. The van der Waals surface area contributed by atoms with Gasteiger partial charge < -0.3 is 15.2 Å². The normalized spacial score (nSPS) is 21.6. The number of carboxylic acid groups (broad SMARTS) is 1. The molecule has 1 unspecified atom stereocenters. The second-order valence-corrected chi connectivity index (χ2v) is 5.10. The molecule has 2 N–H and O–H groups in total. The van der Waals surface area contributed by atoms with Crippen LogP contribution in [-0.2, 0) is 9.53 Å². The highest BCUT2D eigenvalue weighted by Gasteiger charge is 2.28. The maximum Gasteiger partial charge on any atom is 0.323 e. The first kappa shape index (κ1) is 13.5. The van der Waals surface area contributed by atoms with Crippen molar-refractivity contribution in [3.05, 3.63) is 0 Å². The molecule has 0 saturated heterocycles. The van der Waals surface area contributed by atoms with Crippen molar-refractivity contribution in [2.45, 2.75) is 45.1 Å². The van der Waals surface area contributed by atoms with E-state index in [2.05, 4.69) is 12.2 Å². The zero-order valence-electron chi connectivity index (χ0n) is 10.3. The highest BCUT2D eigenvalue weighted by molar-refractivity contribution is 5.73. The molecular weight excluding hydrogens is 206 g/mol. The Morgan fingerprint density at radius 2 is 2.06 bits per heavy atom. The topological polar surface area (TPSA) is 58.6 Å². The van der Waals surface area contributed by atoms with Gasteiger partial charge in [-0.25, -0.2) is 0 Å². The van der Waals surface area contributed by atoms with E-state index in [9.17, 15) is 4.79 Å². The van der Waals surface area contributed by atoms with Crippen molar-refractivity contribution in [2.24, 2.45) is 5.41 Å². The predicted octanol–water partition coefficient (Wildman–Crippen LogP) is 1.65. The minimum absolute atomic E-state index is 0.228. The summed E-state index contributed by atoms with van der Waals surface area (Å²) in [6.07, 6.45) is 6.23. The van der Waals surface area contributed by atoms with Crippen molar-refractivity contribution in [1.82, 2.24) is 5.32 Å². The van der Waals surface area contributed by atoms with E-state index in [1.807, 2.05) is 0 Å². The summed E-state index contributed by atoms with van der Waals surface area (Å²) >= 11 is 0. The van der Waals surface area contributed by atoms with E-state index in [4.69, 9.17) is 9.84 Å². The van der Waals surface area contributed by atoms with E-state index in [1.165, 1.54) is 39.2 Å². The van der Waals surface area contributed by atoms with Crippen LogP contribution in [0.5, 0.6) is 0 Å². The minimum Gasteiger partial charge on any atom is -0.480 e. The molecule has 1 rings (SSSR count). The van der Waals surface area contributed by atoms with Gasteiger partial charge in [0.1, 0.15) is 6.04 Å². The maximum absolute atomic E-state index is 10.9. The Morgan fingerprint density at radius 3 is 2.56 bits per heavy atom. The van der Waals surface area contributed by atoms with Gasteiger partial charge in [-0.15, -0.1) is 0 Å². The Labute approximate surface area is 97.4 Å². The lowest BCUT2D eigenvalue weighted by Gasteiger charge is -2.34. The zero-order valence-corrected chi connectivity index (χ0v) is 10.3. The van der Waals surface area contributed by atoms with Crippen LogP contribution in [0.1, 0.15) is 39.0 Å². The Kier molecular flexibility index (Phi) is 5.22. The molecule has 16 heavy (non-hydrogen) atoms. The number of ether oxygens (including phenoxy) is 1. The fourth-order valence-corrected chi connectivity index (χ4v) is 2.34. The Balaban J connectivity index is 2.37. The smallest absolute Gasteiger partial charge is 0.323 e. The SMILES string of the molecule is COCC(NCC1(C)CCCCC1)C(=O)O. The molecule has 0 bridgehead atoms. The third-order valence-electron chi connectivity index (χ3n) is 3.47. The lowest BCUT2D eigenvalue weighted by molar-refractivity contribution is -0.141. The first-order chi connectivity index (χ1) is 7.57. The summed E-state index contributed by atoms with van der Waals surface area (Å²) < 4.78 is 4.89. The number of rotatable bonds is 6. The van der Waals surface area contributed by atoms with Crippen molar-refractivity contribution >= 4 is 5.97 Å². The number of methoxy groups -OCH3 is 1. The molecule has 0 aliphatic heterocycles. The summed E-state index contributed by atoms with van der Waals surface area (Å²) in [5, 5.41) is 12.1. The van der Waals surface area contributed by atoms with Crippen LogP contribution >= 0.6 is 0 Å². The Bertz CT molecular complexity index is 224. The molecule has 0 aromatic rings. The molecule has 0 aromatic heterocycles. The van der Waals surface area contributed by atoms with E-state index in [-0.39, 0.29) is 12.0 Å². The molecule has 94 valence electrons. The van der Waals surface area contributed by atoms with Crippen LogP contribution in [0, 0.1) is 5.41 Å². The van der Waals surface area contributed by atoms with Crippen LogP contribution in [0.2, 0.25) is 0 Å². The molecule has 1 aliphatic rings. The van der Waals surface area contributed by atoms with Crippen molar-refractivity contribution in [3.63, 3.8) is 0 Å². The van der Waals surface area contributed by atoms with Crippen LogP contribution in [0.4, 0.5) is 0 Å². The zero-order chi connectivity index (χ0) is 12.0. The first-order valence-corrected chi connectivity index (χ1v) is 6.02. The fraction of sp³-hybridized carbons (Fsp3) is 0.917. The molecule has 0 spiro atoms. The first-order valence-electron chi connectivity index (χ1n) is 6.02. The van der Waals surface area contributed by atoms with Gasteiger partial charge in [0.25, 0.3) is 0 Å². The number of hydrogen-bond donors (Lipinski definition) is 2. The van der Waals surface area contributed by atoms with E-state index in [0.717, 1.165) is 6.54 Å². The molecule has 0 radical (unpaired) electrons. The van der Waals surface area contributed by atoms with E-state index >= 15 is 0 Å². The number of carbonyl (C=O) groups is 1. The number of hydrogen-bond acceptors (Lipinski definition) is 3. The lowest BCUT2D eigenvalue weighted by atomic mass is 9.75. The highest BCUT2D eigenvalue weighted by Crippen LogP contribution is 2.34. The summed E-state index contributed by atoms with van der Waals surface area (Å²) in [5.74, 6) is -0.832. The molecule has 1 saturated carbocycles. The van der Waals surface area contributed by atoms with Gasteiger partial charge in [0.15, 0.2) is 0 Å². The average molecular weight is 229 g/mol. The number of carboxylic acids is 1. The minimum atomic E-state index is -0.832. The van der Waals surface area contributed by atoms with E-state index in [1.54, 1.807) is 0 Å². The number of aliphatic carboxylic acids is 1. The predicted molar refractivity (Wildman–Crippen MR) is 62.5 cm³/mol. The van der Waals surface area contributed by atoms with Gasteiger partial charge in [-0.1, -0.05) is 26.2 Å². The maximum atomic E-state index is 10.9. The van der Waals surface area contributed by atoms with Gasteiger partial charge in [0, 0.05) is 13.7 Å². The van der Waals surface area contributed by atoms with Crippen molar-refractivity contribution in [3.8, 4) is 0 Å². The summed E-state index contributed by atoms with van der Waals surface area (Å²) in [6, 6.07) is -0.580. The second-order valence-electron chi connectivity index (χ2n) is 5.10. The van der Waals surface area contributed by atoms with Gasteiger partial charge >= 0.3 is 5.97 Å². The molecule has 0 amide bonds. The van der Waals surface area contributed by atoms with E-state index in [0.29, 0.717) is 0 Å².